The second kappa shape index (κ2) is 14.1. The molecule has 2 heterocycles. The van der Waals surface area contributed by atoms with E-state index in [1.54, 1.807) is 0 Å². The molecule has 0 atom stereocenters. The van der Waals surface area contributed by atoms with Crippen LogP contribution < -0.4 is 0 Å². The number of thiophene rings is 1. The number of fused-ring (bicyclic) bond motifs is 3. The molecule has 0 aliphatic heterocycles. The molecule has 0 aliphatic rings. The van der Waals surface area contributed by atoms with Gasteiger partial charge in [0.15, 0.2) is 17.5 Å². The summed E-state index contributed by atoms with van der Waals surface area (Å²) in [5.74, 6) is 1.93. The summed E-state index contributed by atoms with van der Waals surface area (Å²) in [7, 11) is 0. The normalized spacial score (nSPS) is 11.3. The molecule has 2 aromatic heterocycles. The largest absolute Gasteiger partial charge is 0.208 e. The van der Waals surface area contributed by atoms with Crippen LogP contribution in [0.25, 0.3) is 98.8 Å². The lowest BCUT2D eigenvalue weighted by molar-refractivity contribution is 1.07. The molecule has 0 amide bonds. The summed E-state index contributed by atoms with van der Waals surface area (Å²) in [5, 5.41) is 2.66. The fraction of sp³-hybridized carbons (Fsp3) is 0. The summed E-state index contributed by atoms with van der Waals surface area (Å²) in [4.78, 5) is 15.0. The maximum atomic E-state index is 5.06. The average molecular weight is 720 g/mol. The first-order chi connectivity index (χ1) is 27.2. The highest BCUT2D eigenvalue weighted by Gasteiger charge is 2.16. The second-order valence-corrected chi connectivity index (χ2v) is 14.7. The van der Waals surface area contributed by atoms with E-state index in [0.717, 1.165) is 38.9 Å². The van der Waals surface area contributed by atoms with Crippen LogP contribution in [-0.4, -0.2) is 15.0 Å². The van der Waals surface area contributed by atoms with E-state index in [9.17, 15) is 0 Å². The molecule has 8 aromatic carbocycles. The predicted molar refractivity (Wildman–Crippen MR) is 231 cm³/mol. The Morgan fingerprint density at radius 1 is 0.255 bits per heavy atom. The zero-order chi connectivity index (χ0) is 36.6. The van der Waals surface area contributed by atoms with Gasteiger partial charge in [0.2, 0.25) is 0 Å². The van der Waals surface area contributed by atoms with Crippen LogP contribution in [0.4, 0.5) is 0 Å². The lowest BCUT2D eigenvalue weighted by Gasteiger charge is -2.12. The Labute approximate surface area is 323 Å². The Bertz CT molecular complexity index is 2930. The standard InChI is InChI=1S/C51H33N3S/c1-3-12-38(13-4-1)42-16-7-8-17-44(42)51-53-49(40-14-5-2-6-15-40)52-50(54-51)41-32-28-37(29-33-41)35-24-22-34(23-25-35)36-26-30-39(31-27-36)43-19-11-21-47-48(43)45-18-9-10-20-46(45)55-47/h1-33H. The number of nitrogens with zero attached hydrogens (tertiary/aromatic N) is 3. The molecule has 55 heavy (non-hydrogen) atoms. The molecular weight excluding hydrogens is 687 g/mol. The van der Waals surface area contributed by atoms with Crippen LogP contribution in [0.2, 0.25) is 0 Å². The second-order valence-electron chi connectivity index (χ2n) is 13.6. The van der Waals surface area contributed by atoms with Gasteiger partial charge in [-0.2, -0.15) is 0 Å². The number of aromatic nitrogens is 3. The predicted octanol–water partition coefficient (Wildman–Crippen LogP) is 13.9. The fourth-order valence-corrected chi connectivity index (χ4v) is 8.55. The molecule has 0 spiro atoms. The van der Waals surface area contributed by atoms with Crippen molar-refractivity contribution in [1.82, 2.24) is 15.0 Å². The van der Waals surface area contributed by atoms with E-state index in [1.807, 2.05) is 53.8 Å². The van der Waals surface area contributed by atoms with E-state index in [2.05, 4.69) is 158 Å². The molecule has 0 N–H and O–H groups in total. The SMILES string of the molecule is c1ccc(-c2nc(-c3ccc(-c4ccc(-c5ccc(-c6cccc7sc8ccccc8c67)cc5)cc4)cc3)nc(-c3ccccc3-c3ccccc3)n2)cc1. The lowest BCUT2D eigenvalue weighted by Crippen LogP contribution is -2.01. The van der Waals surface area contributed by atoms with Gasteiger partial charge < -0.3 is 0 Å². The van der Waals surface area contributed by atoms with Crippen molar-refractivity contribution in [2.24, 2.45) is 0 Å². The molecule has 258 valence electrons. The van der Waals surface area contributed by atoms with Crippen LogP contribution in [0.5, 0.6) is 0 Å². The molecule has 0 bridgehead atoms. The maximum Gasteiger partial charge on any atom is 0.164 e. The summed E-state index contributed by atoms with van der Waals surface area (Å²) in [6.45, 7) is 0. The first kappa shape index (κ1) is 32.6. The molecule has 0 unspecified atom stereocenters. The highest BCUT2D eigenvalue weighted by atomic mass is 32.1. The fourth-order valence-electron chi connectivity index (χ4n) is 7.41. The molecule has 4 heteroatoms. The van der Waals surface area contributed by atoms with Crippen LogP contribution >= 0.6 is 11.3 Å². The van der Waals surface area contributed by atoms with Gasteiger partial charge in [-0.3, -0.25) is 0 Å². The van der Waals surface area contributed by atoms with Crippen LogP contribution in [-0.2, 0) is 0 Å². The van der Waals surface area contributed by atoms with Gasteiger partial charge in [-0.25, -0.2) is 15.0 Å². The number of hydrogen-bond acceptors (Lipinski definition) is 4. The van der Waals surface area contributed by atoms with Crippen molar-refractivity contribution in [3.63, 3.8) is 0 Å². The van der Waals surface area contributed by atoms with E-state index < -0.39 is 0 Å². The number of rotatable bonds is 7. The third kappa shape index (κ3) is 6.29. The van der Waals surface area contributed by atoms with Crippen LogP contribution in [0.1, 0.15) is 0 Å². The Morgan fingerprint density at radius 3 is 1.27 bits per heavy atom. The van der Waals surface area contributed by atoms with Crippen molar-refractivity contribution in [3.05, 3.63) is 200 Å². The zero-order valence-electron chi connectivity index (χ0n) is 29.8. The van der Waals surface area contributed by atoms with Gasteiger partial charge in [-0.05, 0) is 56.6 Å². The first-order valence-electron chi connectivity index (χ1n) is 18.4. The molecule has 0 radical (unpaired) electrons. The Kier molecular flexibility index (Phi) is 8.36. The van der Waals surface area contributed by atoms with Crippen LogP contribution in [0, 0.1) is 0 Å². The van der Waals surface area contributed by atoms with Crippen molar-refractivity contribution in [3.8, 4) is 78.7 Å². The van der Waals surface area contributed by atoms with E-state index >= 15 is 0 Å². The molecule has 0 saturated carbocycles. The minimum Gasteiger partial charge on any atom is -0.208 e. The van der Waals surface area contributed by atoms with Crippen molar-refractivity contribution in [2.75, 3.05) is 0 Å². The van der Waals surface area contributed by atoms with Crippen molar-refractivity contribution in [2.45, 2.75) is 0 Å². The Balaban J connectivity index is 0.939. The summed E-state index contributed by atoms with van der Waals surface area (Å²) in [6.07, 6.45) is 0. The maximum absolute atomic E-state index is 5.06. The topological polar surface area (TPSA) is 38.7 Å². The molecular formula is C51H33N3S. The Morgan fingerprint density at radius 2 is 0.655 bits per heavy atom. The third-order valence-corrected chi connectivity index (χ3v) is 11.3. The Hall–Kier alpha value is -7.01. The number of benzene rings is 8. The molecule has 3 nitrogen and oxygen atoms in total. The molecule has 0 fully saturated rings. The monoisotopic (exact) mass is 719 g/mol. The summed E-state index contributed by atoms with van der Waals surface area (Å²) < 4.78 is 2.65. The quantitative estimate of drug-likeness (QED) is 0.165. The van der Waals surface area contributed by atoms with Crippen molar-refractivity contribution >= 4 is 31.5 Å². The first-order valence-corrected chi connectivity index (χ1v) is 19.3. The lowest BCUT2D eigenvalue weighted by atomic mass is 9.96. The van der Waals surface area contributed by atoms with Crippen molar-refractivity contribution in [1.29, 1.82) is 0 Å². The smallest absolute Gasteiger partial charge is 0.164 e. The van der Waals surface area contributed by atoms with Gasteiger partial charge >= 0.3 is 0 Å². The third-order valence-electron chi connectivity index (χ3n) is 10.2. The minimum absolute atomic E-state index is 0.639. The zero-order valence-corrected chi connectivity index (χ0v) is 30.6. The van der Waals surface area contributed by atoms with Gasteiger partial charge in [0.25, 0.3) is 0 Å². The summed E-state index contributed by atoms with van der Waals surface area (Å²) >= 11 is 1.86. The average Bonchev–Trinajstić information content (AvgIpc) is 3.66. The van der Waals surface area contributed by atoms with E-state index in [1.165, 1.54) is 42.4 Å². The highest BCUT2D eigenvalue weighted by molar-refractivity contribution is 7.25. The van der Waals surface area contributed by atoms with Gasteiger partial charge in [0.05, 0.1) is 0 Å². The molecule has 0 aliphatic carbocycles. The summed E-state index contributed by atoms with van der Waals surface area (Å²) in [5.41, 5.74) is 12.2. The summed E-state index contributed by atoms with van der Waals surface area (Å²) in [6, 6.07) is 70.4. The highest BCUT2D eigenvalue weighted by Crippen LogP contribution is 2.40. The van der Waals surface area contributed by atoms with Gasteiger partial charge in [-0.15, -0.1) is 11.3 Å². The van der Waals surface area contributed by atoms with Gasteiger partial charge in [0.1, 0.15) is 0 Å². The molecule has 0 saturated heterocycles. The molecule has 10 rings (SSSR count). The minimum atomic E-state index is 0.639. The molecule has 10 aromatic rings. The van der Waals surface area contributed by atoms with E-state index in [-0.39, 0.29) is 0 Å². The van der Waals surface area contributed by atoms with E-state index in [4.69, 9.17) is 15.0 Å². The van der Waals surface area contributed by atoms with Gasteiger partial charge in [0, 0.05) is 36.9 Å². The van der Waals surface area contributed by atoms with Crippen LogP contribution in [0.15, 0.2) is 200 Å². The van der Waals surface area contributed by atoms with Gasteiger partial charge in [-0.1, -0.05) is 188 Å². The number of hydrogen-bond donors (Lipinski definition) is 0. The van der Waals surface area contributed by atoms with E-state index in [0.29, 0.717) is 17.5 Å². The van der Waals surface area contributed by atoms with Crippen molar-refractivity contribution < 1.29 is 0 Å². The van der Waals surface area contributed by atoms with Crippen LogP contribution in [0.3, 0.4) is 0 Å².